The first-order chi connectivity index (χ1) is 27.5. The van der Waals surface area contributed by atoms with E-state index in [4.69, 9.17) is 8.92 Å². The second kappa shape index (κ2) is 19.5. The van der Waals surface area contributed by atoms with E-state index in [1.54, 1.807) is 24.3 Å². The molecule has 0 amide bonds. The number of hydrogen-bond acceptors (Lipinski definition) is 10. The maximum absolute atomic E-state index is 11.7. The van der Waals surface area contributed by atoms with Gasteiger partial charge in [-0.2, -0.15) is 8.42 Å². The predicted octanol–water partition coefficient (Wildman–Crippen LogP) is 7.49. The molecule has 2 bridgehead atoms. The molecular formula is C45H50N2O8S2. The summed E-state index contributed by atoms with van der Waals surface area (Å²) in [6, 6.07) is 31.4. The normalized spacial score (nSPS) is 19.8. The molecule has 57 heavy (non-hydrogen) atoms. The number of phenolic OH excluding ortho intramolecular Hbond substituents is 1. The zero-order valence-corrected chi connectivity index (χ0v) is 33.7. The molecule has 300 valence electrons. The van der Waals surface area contributed by atoms with Gasteiger partial charge in [0.05, 0.1) is 24.5 Å². The summed E-state index contributed by atoms with van der Waals surface area (Å²) < 4.78 is 32.8. The number of para-hydroxylation sites is 1. The molecule has 3 fully saturated rings. The van der Waals surface area contributed by atoms with Crippen molar-refractivity contribution < 1.29 is 37.5 Å². The van der Waals surface area contributed by atoms with Gasteiger partial charge in [0.15, 0.2) is 0 Å². The number of phenols is 1. The molecule has 12 heteroatoms. The highest BCUT2D eigenvalue weighted by molar-refractivity contribution is 8.00. The smallest absolute Gasteiger partial charge is 0.316 e. The summed E-state index contributed by atoms with van der Waals surface area (Å²) in [5, 5.41) is 30.5. The second-order valence-electron chi connectivity index (χ2n) is 14.6. The summed E-state index contributed by atoms with van der Waals surface area (Å²) >= 11 is 1.42. The number of carboxylic acids is 1. The van der Waals surface area contributed by atoms with Crippen molar-refractivity contribution in [3.63, 3.8) is 0 Å². The van der Waals surface area contributed by atoms with E-state index >= 15 is 0 Å². The van der Waals surface area contributed by atoms with Crippen LogP contribution in [0.15, 0.2) is 122 Å². The van der Waals surface area contributed by atoms with Crippen molar-refractivity contribution in [1.29, 1.82) is 0 Å². The molecule has 4 heterocycles. The number of rotatable bonds is 16. The fourth-order valence-corrected chi connectivity index (χ4v) is 9.15. The predicted molar refractivity (Wildman–Crippen MR) is 225 cm³/mol. The Balaban J connectivity index is 0.000000212. The molecule has 6 atom stereocenters. The summed E-state index contributed by atoms with van der Waals surface area (Å²) in [5.41, 5.74) is 5.06. The summed E-state index contributed by atoms with van der Waals surface area (Å²) in [6.45, 7) is 6.55. The molecule has 0 spiro atoms. The van der Waals surface area contributed by atoms with Gasteiger partial charge in [0.1, 0.15) is 22.5 Å². The summed E-state index contributed by atoms with van der Waals surface area (Å²) in [7, 11) is -3.56. The van der Waals surface area contributed by atoms with E-state index in [0.29, 0.717) is 42.8 Å². The van der Waals surface area contributed by atoms with Gasteiger partial charge in [0.2, 0.25) is 0 Å². The van der Waals surface area contributed by atoms with Crippen LogP contribution in [0.2, 0.25) is 0 Å². The highest BCUT2D eigenvalue weighted by Gasteiger charge is 2.42. The van der Waals surface area contributed by atoms with Crippen LogP contribution in [-0.4, -0.2) is 82.6 Å². The van der Waals surface area contributed by atoms with Crippen molar-refractivity contribution in [2.75, 3.05) is 31.7 Å². The molecule has 3 saturated heterocycles. The van der Waals surface area contributed by atoms with E-state index in [-0.39, 0.29) is 17.5 Å². The molecule has 10 nitrogen and oxygen atoms in total. The lowest BCUT2D eigenvalue weighted by Crippen LogP contribution is -2.54. The number of piperidine rings is 3. The second-order valence-corrected chi connectivity index (χ2v) is 17.5. The third kappa shape index (κ3) is 11.8. The Kier molecular flexibility index (Phi) is 14.3. The summed E-state index contributed by atoms with van der Waals surface area (Å²) in [6.07, 6.45) is 8.60. The molecule has 8 rings (SSSR count). The topological polar surface area (TPSA) is 146 Å². The minimum Gasteiger partial charge on any atom is -0.508 e. The van der Waals surface area contributed by atoms with Crippen molar-refractivity contribution in [2.45, 2.75) is 49.5 Å². The maximum Gasteiger partial charge on any atom is 0.316 e. The number of aliphatic hydroxyl groups is 1. The number of pyridine rings is 1. The molecule has 2 unspecified atom stereocenters. The molecule has 0 saturated carbocycles. The Labute approximate surface area is 339 Å². The average Bonchev–Trinajstić information content (AvgIpc) is 3.21. The highest BCUT2D eigenvalue weighted by Crippen LogP contribution is 2.42. The minimum absolute atomic E-state index is 0.218. The first-order valence-electron chi connectivity index (χ1n) is 19.2. The number of hydrogen-bond donors (Lipinski definition) is 3. The van der Waals surface area contributed by atoms with Gasteiger partial charge in [-0.15, -0.1) is 18.3 Å². The summed E-state index contributed by atoms with van der Waals surface area (Å²) in [5.74, 6) is 2.17. The van der Waals surface area contributed by atoms with E-state index in [1.165, 1.54) is 30.3 Å². The number of aryl methyl sites for hydroxylation is 1. The lowest BCUT2D eigenvalue weighted by atomic mass is 9.73. The van der Waals surface area contributed by atoms with Crippen LogP contribution >= 0.6 is 11.8 Å². The lowest BCUT2D eigenvalue weighted by Gasteiger charge is -2.50. The first kappa shape index (κ1) is 41.7. The van der Waals surface area contributed by atoms with Crippen molar-refractivity contribution in [3.05, 3.63) is 144 Å². The van der Waals surface area contributed by atoms with E-state index in [9.17, 15) is 28.5 Å². The van der Waals surface area contributed by atoms with E-state index < -0.39 is 27.4 Å². The van der Waals surface area contributed by atoms with Crippen LogP contribution in [0.25, 0.3) is 10.9 Å². The van der Waals surface area contributed by atoms with Crippen LogP contribution in [0.5, 0.6) is 17.2 Å². The SMILES string of the molecule is C=C[C@H]1CN2CC[C@H]1C[C@H]2[C@H](O)c1ccnc2ccccc12.CS(=O)(=O)Oc1ccc(OCCc2ccc(CC(SCCc3ccc(O)cc3)C(=O)O)cc2)cc1. The Bertz CT molecular complexity index is 2190. The quantitative estimate of drug-likeness (QED) is 0.0673. The van der Waals surface area contributed by atoms with Crippen molar-refractivity contribution in [3.8, 4) is 17.2 Å². The number of nitrogens with zero attached hydrogens (tertiary/aromatic N) is 2. The fraction of sp³-hybridized carbons (Fsp3) is 0.333. The Morgan fingerprint density at radius 3 is 2.28 bits per heavy atom. The highest BCUT2D eigenvalue weighted by atomic mass is 32.2. The number of benzene rings is 4. The number of aliphatic hydroxyl groups excluding tert-OH is 1. The largest absolute Gasteiger partial charge is 0.508 e. The number of carbonyl (C=O) groups is 1. The van der Waals surface area contributed by atoms with Crippen molar-refractivity contribution in [1.82, 2.24) is 9.88 Å². The van der Waals surface area contributed by atoms with E-state index in [2.05, 4.69) is 28.6 Å². The van der Waals surface area contributed by atoms with Crippen LogP contribution in [0.1, 0.15) is 41.2 Å². The Morgan fingerprint density at radius 1 is 0.947 bits per heavy atom. The zero-order valence-electron chi connectivity index (χ0n) is 32.0. The standard InChI is InChI=1S/C26H28O7S2.C19H22N2O/c1-35(30,31)33-24-12-10-23(11-13-24)32-16-14-19-2-4-21(5-3-19)18-25(26(28)29)34-17-15-20-6-8-22(27)9-7-20;1-2-13-12-21-10-8-14(13)11-18(21)19(22)16-7-9-20-17-6-4-3-5-15(16)17/h2-13,25,27H,14-18H2,1H3,(H,28,29);2-7,9,13-14,18-19,22H,1,8,10-12H2/t;13-,14-,18-,19+/m.0/s1. The number of carboxylic acid groups (broad SMARTS) is 1. The minimum atomic E-state index is -3.56. The zero-order chi connectivity index (χ0) is 40.4. The Morgan fingerprint density at radius 2 is 1.61 bits per heavy atom. The molecule has 4 aromatic carbocycles. The van der Waals surface area contributed by atoms with Crippen LogP contribution in [0.4, 0.5) is 0 Å². The van der Waals surface area contributed by atoms with Gasteiger partial charge in [-0.1, -0.05) is 60.7 Å². The number of ether oxygens (including phenoxy) is 1. The molecule has 3 aliphatic rings. The number of thioether (sulfide) groups is 1. The monoisotopic (exact) mass is 810 g/mol. The van der Waals surface area contributed by atoms with Gasteiger partial charge in [-0.25, -0.2) is 0 Å². The van der Waals surface area contributed by atoms with Crippen LogP contribution in [0, 0.1) is 11.8 Å². The molecule has 5 aromatic rings. The lowest BCUT2D eigenvalue weighted by molar-refractivity contribution is -0.136. The van der Waals surface area contributed by atoms with Gasteiger partial charge >= 0.3 is 16.1 Å². The number of aromatic nitrogens is 1. The van der Waals surface area contributed by atoms with Crippen molar-refractivity contribution in [2.24, 2.45) is 11.8 Å². The van der Waals surface area contributed by atoms with Crippen molar-refractivity contribution >= 4 is 38.8 Å². The van der Waals surface area contributed by atoms with Gasteiger partial charge < -0.3 is 24.2 Å². The van der Waals surface area contributed by atoms with E-state index in [1.807, 2.05) is 66.9 Å². The van der Waals surface area contributed by atoms with Crippen LogP contribution in [-0.2, 0) is 34.2 Å². The van der Waals surface area contributed by atoms with Gasteiger partial charge in [0, 0.05) is 30.6 Å². The Hall–Kier alpha value is -4.88. The summed E-state index contributed by atoms with van der Waals surface area (Å²) in [4.78, 5) is 18.6. The fourth-order valence-electron chi connectivity index (χ4n) is 7.60. The molecule has 0 radical (unpaired) electrons. The molecule has 3 N–H and O–H groups in total. The van der Waals surface area contributed by atoms with Gasteiger partial charge in [-0.3, -0.25) is 14.7 Å². The molecule has 1 aromatic heterocycles. The van der Waals surface area contributed by atoms with Crippen LogP contribution < -0.4 is 8.92 Å². The maximum atomic E-state index is 11.7. The van der Waals surface area contributed by atoms with Crippen LogP contribution in [0.3, 0.4) is 0 Å². The molecule has 3 aliphatic heterocycles. The number of aliphatic carboxylic acids is 1. The number of aromatic hydroxyl groups is 1. The third-order valence-electron chi connectivity index (χ3n) is 10.6. The molecular weight excluding hydrogens is 761 g/mol. The first-order valence-corrected chi connectivity index (χ1v) is 22.0. The van der Waals surface area contributed by atoms with Gasteiger partial charge in [-0.05, 0) is 121 Å². The van der Waals surface area contributed by atoms with Gasteiger partial charge in [0.25, 0.3) is 0 Å². The average molecular weight is 811 g/mol. The number of fused-ring (bicyclic) bond motifs is 4. The third-order valence-corrected chi connectivity index (χ3v) is 12.3. The van der Waals surface area contributed by atoms with E-state index in [0.717, 1.165) is 65.3 Å². The molecule has 0 aliphatic carbocycles.